The number of nitrogens with zero attached hydrogens (tertiary/aromatic N) is 2. The quantitative estimate of drug-likeness (QED) is 0.585. The van der Waals surface area contributed by atoms with Gasteiger partial charge in [0.2, 0.25) is 0 Å². The molecule has 0 aliphatic carbocycles. The van der Waals surface area contributed by atoms with Crippen LogP contribution in [0.1, 0.15) is 30.3 Å². The van der Waals surface area contributed by atoms with Crippen molar-refractivity contribution in [2.75, 3.05) is 19.6 Å². The van der Waals surface area contributed by atoms with Crippen LogP contribution >= 0.6 is 0 Å². The highest BCUT2D eigenvalue weighted by molar-refractivity contribution is 6.05. The van der Waals surface area contributed by atoms with Crippen molar-refractivity contribution in [3.63, 3.8) is 0 Å². The van der Waals surface area contributed by atoms with E-state index in [9.17, 15) is 14.9 Å². The van der Waals surface area contributed by atoms with Gasteiger partial charge in [-0.25, -0.2) is 0 Å². The topological polar surface area (TPSA) is 113 Å². The summed E-state index contributed by atoms with van der Waals surface area (Å²) < 4.78 is 0. The first-order valence-corrected chi connectivity index (χ1v) is 7.60. The van der Waals surface area contributed by atoms with Gasteiger partial charge < -0.3 is 10.6 Å². The molecule has 1 amide bonds. The molecule has 8 heteroatoms. The molecule has 3 N–H and O–H groups in total. The molecule has 3 rings (SSSR count). The normalized spacial score (nSPS) is 17.1. The average molecular weight is 317 g/mol. The summed E-state index contributed by atoms with van der Waals surface area (Å²) in [6, 6.07) is 4.32. The Morgan fingerprint density at radius 1 is 1.43 bits per heavy atom. The SMILES string of the molecule is CC1(CNC(=O)c2n[nH]c3ccc([N+](=O)[O-])cc23)CCNCC1. The smallest absolute Gasteiger partial charge is 0.272 e. The molecule has 122 valence electrons. The molecular weight excluding hydrogens is 298 g/mol. The fourth-order valence-electron chi connectivity index (χ4n) is 2.87. The van der Waals surface area contributed by atoms with Gasteiger partial charge in [-0.3, -0.25) is 20.0 Å². The van der Waals surface area contributed by atoms with E-state index in [0.29, 0.717) is 17.4 Å². The minimum absolute atomic E-state index is 0.0572. The molecule has 8 nitrogen and oxygen atoms in total. The number of hydrogen-bond acceptors (Lipinski definition) is 5. The molecule has 0 saturated carbocycles. The van der Waals surface area contributed by atoms with Crippen LogP contribution in [0.3, 0.4) is 0 Å². The predicted molar refractivity (Wildman–Crippen MR) is 85.3 cm³/mol. The molecule has 1 aromatic carbocycles. The lowest BCUT2D eigenvalue weighted by Gasteiger charge is -2.34. The molecule has 0 unspecified atom stereocenters. The summed E-state index contributed by atoms with van der Waals surface area (Å²) in [7, 11) is 0. The van der Waals surface area contributed by atoms with Crippen molar-refractivity contribution >= 4 is 22.5 Å². The number of carbonyl (C=O) groups is 1. The number of aromatic nitrogens is 2. The maximum Gasteiger partial charge on any atom is 0.272 e. The zero-order valence-corrected chi connectivity index (χ0v) is 12.9. The number of fused-ring (bicyclic) bond motifs is 1. The number of H-pyrrole nitrogens is 1. The van der Waals surface area contributed by atoms with Gasteiger partial charge in [-0.2, -0.15) is 5.10 Å². The largest absolute Gasteiger partial charge is 0.350 e. The Morgan fingerprint density at radius 2 is 2.17 bits per heavy atom. The Hall–Kier alpha value is -2.48. The van der Waals surface area contributed by atoms with Crippen molar-refractivity contribution < 1.29 is 9.72 Å². The number of carbonyl (C=O) groups excluding carboxylic acids is 1. The van der Waals surface area contributed by atoms with Crippen LogP contribution in [0.5, 0.6) is 0 Å². The lowest BCUT2D eigenvalue weighted by atomic mass is 9.81. The molecule has 1 aromatic heterocycles. The van der Waals surface area contributed by atoms with Gasteiger partial charge in [0, 0.05) is 24.1 Å². The van der Waals surface area contributed by atoms with Gasteiger partial charge in [-0.1, -0.05) is 6.92 Å². The van der Waals surface area contributed by atoms with E-state index >= 15 is 0 Å². The van der Waals surface area contributed by atoms with Crippen LogP contribution in [-0.2, 0) is 0 Å². The number of aromatic amines is 1. The average Bonchev–Trinajstić information content (AvgIpc) is 2.96. The monoisotopic (exact) mass is 317 g/mol. The van der Waals surface area contributed by atoms with Crippen LogP contribution in [0.4, 0.5) is 5.69 Å². The molecule has 1 fully saturated rings. The van der Waals surface area contributed by atoms with Gasteiger partial charge in [0.1, 0.15) is 0 Å². The van der Waals surface area contributed by atoms with Crippen molar-refractivity contribution in [1.29, 1.82) is 0 Å². The molecule has 2 heterocycles. The van der Waals surface area contributed by atoms with E-state index in [1.807, 2.05) is 0 Å². The second-order valence-electron chi connectivity index (χ2n) is 6.30. The fourth-order valence-corrected chi connectivity index (χ4v) is 2.87. The molecule has 1 aliphatic heterocycles. The molecule has 1 aliphatic rings. The fraction of sp³-hybridized carbons (Fsp3) is 0.467. The number of hydrogen-bond donors (Lipinski definition) is 3. The van der Waals surface area contributed by atoms with Crippen molar-refractivity contribution in [2.45, 2.75) is 19.8 Å². The number of nitro benzene ring substituents is 1. The number of nitro groups is 1. The predicted octanol–water partition coefficient (Wildman–Crippen LogP) is 1.59. The third-order valence-corrected chi connectivity index (χ3v) is 4.46. The molecule has 0 bridgehead atoms. The molecule has 0 atom stereocenters. The van der Waals surface area contributed by atoms with E-state index in [1.54, 1.807) is 6.07 Å². The number of benzene rings is 1. The van der Waals surface area contributed by atoms with Crippen molar-refractivity contribution in [3.8, 4) is 0 Å². The standard InChI is InChI=1S/C15H19N5O3/c1-15(4-6-16-7-5-15)9-17-14(21)13-11-8-10(20(22)23)2-3-12(11)18-19-13/h2-3,8,16H,4-7,9H2,1H3,(H,17,21)(H,18,19). The Morgan fingerprint density at radius 3 is 2.87 bits per heavy atom. The van der Waals surface area contributed by atoms with E-state index in [-0.39, 0.29) is 22.7 Å². The van der Waals surface area contributed by atoms with Gasteiger partial charge in [-0.05, 0) is 37.4 Å². The Labute approximate surface area is 132 Å². The van der Waals surface area contributed by atoms with Gasteiger partial charge in [0.05, 0.1) is 10.4 Å². The third-order valence-electron chi connectivity index (χ3n) is 4.46. The minimum Gasteiger partial charge on any atom is -0.350 e. The molecular formula is C15H19N5O3. The minimum atomic E-state index is -0.482. The summed E-state index contributed by atoms with van der Waals surface area (Å²) in [4.78, 5) is 22.8. The van der Waals surface area contributed by atoms with E-state index in [1.165, 1.54) is 12.1 Å². The summed E-state index contributed by atoms with van der Waals surface area (Å²) >= 11 is 0. The Bertz CT molecular complexity index is 749. The molecule has 2 aromatic rings. The van der Waals surface area contributed by atoms with Gasteiger partial charge >= 0.3 is 0 Å². The highest BCUT2D eigenvalue weighted by atomic mass is 16.6. The van der Waals surface area contributed by atoms with Gasteiger partial charge in [0.15, 0.2) is 5.69 Å². The highest BCUT2D eigenvalue weighted by Gasteiger charge is 2.28. The van der Waals surface area contributed by atoms with E-state index < -0.39 is 4.92 Å². The maximum absolute atomic E-state index is 12.4. The van der Waals surface area contributed by atoms with E-state index in [2.05, 4.69) is 27.8 Å². The second kappa shape index (κ2) is 5.96. The third kappa shape index (κ3) is 3.16. The molecule has 23 heavy (non-hydrogen) atoms. The number of nitrogens with one attached hydrogen (secondary N) is 3. The zero-order valence-electron chi connectivity index (χ0n) is 12.9. The van der Waals surface area contributed by atoms with Crippen LogP contribution in [0, 0.1) is 15.5 Å². The summed E-state index contributed by atoms with van der Waals surface area (Å²) in [5.74, 6) is -0.309. The highest BCUT2D eigenvalue weighted by Crippen LogP contribution is 2.27. The first kappa shape index (κ1) is 15.4. The summed E-state index contributed by atoms with van der Waals surface area (Å²) in [6.45, 7) is 4.62. The van der Waals surface area contributed by atoms with Crippen LogP contribution in [0.25, 0.3) is 10.9 Å². The van der Waals surface area contributed by atoms with Crippen molar-refractivity contribution in [3.05, 3.63) is 34.0 Å². The molecule has 0 radical (unpaired) electrons. The lowest BCUT2D eigenvalue weighted by Crippen LogP contribution is -2.43. The first-order chi connectivity index (χ1) is 11.0. The number of non-ortho nitro benzene ring substituents is 1. The zero-order chi connectivity index (χ0) is 16.4. The van der Waals surface area contributed by atoms with Gasteiger partial charge in [0.25, 0.3) is 11.6 Å². The Kier molecular flexibility index (Phi) is 3.99. The van der Waals surface area contributed by atoms with Crippen LogP contribution in [-0.4, -0.2) is 40.7 Å². The number of rotatable bonds is 4. The summed E-state index contributed by atoms with van der Waals surface area (Å²) in [5.41, 5.74) is 0.812. The molecule has 1 saturated heterocycles. The van der Waals surface area contributed by atoms with Crippen LogP contribution < -0.4 is 10.6 Å². The summed E-state index contributed by atoms with van der Waals surface area (Å²) in [5, 5.41) is 24.3. The van der Waals surface area contributed by atoms with E-state index in [4.69, 9.17) is 0 Å². The first-order valence-electron chi connectivity index (χ1n) is 7.60. The number of amides is 1. The van der Waals surface area contributed by atoms with Gasteiger partial charge in [-0.15, -0.1) is 0 Å². The summed E-state index contributed by atoms with van der Waals surface area (Å²) in [6.07, 6.45) is 2.00. The van der Waals surface area contributed by atoms with Crippen molar-refractivity contribution in [2.24, 2.45) is 5.41 Å². The Balaban J connectivity index is 1.78. The van der Waals surface area contributed by atoms with Crippen molar-refractivity contribution in [1.82, 2.24) is 20.8 Å². The molecule has 0 spiro atoms. The second-order valence-corrected chi connectivity index (χ2v) is 6.30. The number of piperidine rings is 1. The lowest BCUT2D eigenvalue weighted by molar-refractivity contribution is -0.384. The van der Waals surface area contributed by atoms with E-state index in [0.717, 1.165) is 25.9 Å². The maximum atomic E-state index is 12.4. The van der Waals surface area contributed by atoms with Crippen LogP contribution in [0.15, 0.2) is 18.2 Å². The van der Waals surface area contributed by atoms with Crippen LogP contribution in [0.2, 0.25) is 0 Å².